The van der Waals surface area contributed by atoms with Crippen molar-refractivity contribution in [1.29, 1.82) is 0 Å². The molecule has 0 aromatic carbocycles. The summed E-state index contributed by atoms with van der Waals surface area (Å²) in [6.07, 6.45) is 2.16. The van der Waals surface area contributed by atoms with Crippen LogP contribution in [0.25, 0.3) is 0 Å². The fourth-order valence-corrected chi connectivity index (χ4v) is 2.60. The van der Waals surface area contributed by atoms with Crippen LogP contribution < -0.4 is 0 Å². The number of hydrogen-bond acceptors (Lipinski definition) is 4. The van der Waals surface area contributed by atoms with Crippen LogP contribution in [-0.4, -0.2) is 41.7 Å². The molecule has 0 bridgehead atoms. The fourth-order valence-electron chi connectivity index (χ4n) is 2.60. The van der Waals surface area contributed by atoms with E-state index in [0.717, 1.165) is 19.4 Å². The SMILES string of the molecule is COCc1ccc(C(=O)N2CCCC2CC(C)O)o1. The monoisotopic (exact) mass is 267 g/mol. The predicted molar refractivity (Wildman–Crippen MR) is 69.8 cm³/mol. The third-order valence-corrected chi connectivity index (χ3v) is 3.41. The molecule has 0 saturated carbocycles. The molecule has 2 unspecified atom stereocenters. The van der Waals surface area contributed by atoms with Crippen LogP contribution in [0.1, 0.15) is 42.5 Å². The second-order valence-corrected chi connectivity index (χ2v) is 5.08. The molecule has 1 N–H and O–H groups in total. The Morgan fingerprint density at radius 3 is 3.11 bits per heavy atom. The van der Waals surface area contributed by atoms with Gasteiger partial charge in [0.2, 0.25) is 0 Å². The van der Waals surface area contributed by atoms with E-state index in [1.54, 1.807) is 26.2 Å². The van der Waals surface area contributed by atoms with Gasteiger partial charge in [0, 0.05) is 19.7 Å². The van der Waals surface area contributed by atoms with Gasteiger partial charge in [-0.25, -0.2) is 0 Å². The van der Waals surface area contributed by atoms with Gasteiger partial charge >= 0.3 is 0 Å². The van der Waals surface area contributed by atoms with Crippen LogP contribution in [0.4, 0.5) is 0 Å². The van der Waals surface area contributed by atoms with Crippen LogP contribution in [-0.2, 0) is 11.3 Å². The van der Waals surface area contributed by atoms with E-state index in [0.29, 0.717) is 24.5 Å². The minimum atomic E-state index is -0.390. The molecule has 1 aliphatic rings. The van der Waals surface area contributed by atoms with Gasteiger partial charge < -0.3 is 19.2 Å². The molecule has 2 rings (SSSR count). The maximum absolute atomic E-state index is 12.4. The number of furan rings is 1. The van der Waals surface area contributed by atoms with Gasteiger partial charge in [-0.3, -0.25) is 4.79 Å². The highest BCUT2D eigenvalue weighted by molar-refractivity contribution is 5.92. The van der Waals surface area contributed by atoms with Gasteiger partial charge in [-0.15, -0.1) is 0 Å². The van der Waals surface area contributed by atoms with Crippen molar-refractivity contribution in [3.63, 3.8) is 0 Å². The Hall–Kier alpha value is -1.33. The molecule has 1 amide bonds. The molecule has 1 aliphatic heterocycles. The van der Waals surface area contributed by atoms with Gasteiger partial charge in [0.05, 0.1) is 6.10 Å². The van der Waals surface area contributed by atoms with Crippen molar-refractivity contribution in [2.75, 3.05) is 13.7 Å². The van der Waals surface area contributed by atoms with Crippen molar-refractivity contribution >= 4 is 5.91 Å². The molecule has 19 heavy (non-hydrogen) atoms. The van der Waals surface area contributed by atoms with Crippen LogP contribution in [0.15, 0.2) is 16.5 Å². The first-order valence-corrected chi connectivity index (χ1v) is 6.68. The summed E-state index contributed by atoms with van der Waals surface area (Å²) in [5, 5.41) is 9.48. The highest BCUT2D eigenvalue weighted by atomic mass is 16.5. The van der Waals surface area contributed by atoms with E-state index in [1.165, 1.54) is 0 Å². The normalized spacial score (nSPS) is 20.8. The third kappa shape index (κ3) is 3.36. The minimum absolute atomic E-state index is 0.0921. The number of methoxy groups -OCH3 is 1. The van der Waals surface area contributed by atoms with E-state index < -0.39 is 0 Å². The zero-order valence-corrected chi connectivity index (χ0v) is 11.5. The lowest BCUT2D eigenvalue weighted by molar-refractivity contribution is 0.0644. The van der Waals surface area contributed by atoms with Gasteiger partial charge in [-0.2, -0.15) is 0 Å². The summed E-state index contributed by atoms with van der Waals surface area (Å²) in [7, 11) is 1.59. The van der Waals surface area contributed by atoms with E-state index in [9.17, 15) is 9.90 Å². The number of hydrogen-bond donors (Lipinski definition) is 1. The van der Waals surface area contributed by atoms with Crippen LogP contribution >= 0.6 is 0 Å². The van der Waals surface area contributed by atoms with Gasteiger partial charge in [0.1, 0.15) is 12.4 Å². The molecule has 1 fully saturated rings. The van der Waals surface area contributed by atoms with Crippen molar-refractivity contribution in [3.05, 3.63) is 23.7 Å². The average Bonchev–Trinajstić information content (AvgIpc) is 2.97. The average molecular weight is 267 g/mol. The van der Waals surface area contributed by atoms with Gasteiger partial charge in [-0.1, -0.05) is 0 Å². The van der Waals surface area contributed by atoms with Crippen LogP contribution in [0, 0.1) is 0 Å². The zero-order valence-electron chi connectivity index (χ0n) is 11.5. The Morgan fingerprint density at radius 1 is 1.63 bits per heavy atom. The number of aliphatic hydroxyl groups excluding tert-OH is 1. The fraction of sp³-hybridized carbons (Fsp3) is 0.643. The second kappa shape index (κ2) is 6.21. The standard InChI is InChI=1S/C14H21NO4/c1-10(16)8-11-4-3-7-15(11)14(17)13-6-5-12(19-13)9-18-2/h5-6,10-11,16H,3-4,7-9H2,1-2H3. The summed E-state index contributed by atoms with van der Waals surface area (Å²) in [6.45, 7) is 2.85. The molecule has 106 valence electrons. The maximum atomic E-state index is 12.4. The molecule has 5 heteroatoms. The molecule has 5 nitrogen and oxygen atoms in total. The van der Waals surface area contributed by atoms with Crippen molar-refractivity contribution in [3.8, 4) is 0 Å². The summed E-state index contributed by atoms with van der Waals surface area (Å²) >= 11 is 0. The first kappa shape index (κ1) is 14.1. The molecule has 1 aromatic heterocycles. The number of likely N-dealkylation sites (tertiary alicyclic amines) is 1. The van der Waals surface area contributed by atoms with E-state index >= 15 is 0 Å². The number of rotatable bonds is 5. The van der Waals surface area contributed by atoms with Gasteiger partial charge in [-0.05, 0) is 38.3 Å². The highest BCUT2D eigenvalue weighted by Crippen LogP contribution is 2.24. The van der Waals surface area contributed by atoms with E-state index in [-0.39, 0.29) is 18.1 Å². The molecular weight excluding hydrogens is 246 g/mol. The molecule has 2 atom stereocenters. The van der Waals surface area contributed by atoms with E-state index in [4.69, 9.17) is 9.15 Å². The van der Waals surface area contributed by atoms with Gasteiger partial charge in [0.25, 0.3) is 5.91 Å². The predicted octanol–water partition coefficient (Wildman–Crippen LogP) is 1.80. The smallest absolute Gasteiger partial charge is 0.289 e. The first-order chi connectivity index (χ1) is 9.11. The number of aliphatic hydroxyl groups is 1. The van der Waals surface area contributed by atoms with Crippen molar-refractivity contribution in [2.45, 2.75) is 44.9 Å². The molecular formula is C14H21NO4. The lowest BCUT2D eigenvalue weighted by Crippen LogP contribution is -2.37. The molecule has 0 radical (unpaired) electrons. The summed E-state index contributed by atoms with van der Waals surface area (Å²) in [6, 6.07) is 3.56. The van der Waals surface area contributed by atoms with Crippen LogP contribution in [0.2, 0.25) is 0 Å². The van der Waals surface area contributed by atoms with Crippen molar-refractivity contribution in [1.82, 2.24) is 4.90 Å². The Morgan fingerprint density at radius 2 is 2.42 bits per heavy atom. The van der Waals surface area contributed by atoms with Crippen molar-refractivity contribution in [2.24, 2.45) is 0 Å². The Bertz CT molecular complexity index is 427. The van der Waals surface area contributed by atoms with Crippen molar-refractivity contribution < 1.29 is 19.1 Å². The topological polar surface area (TPSA) is 62.9 Å². The highest BCUT2D eigenvalue weighted by Gasteiger charge is 2.31. The number of carbonyl (C=O) groups is 1. The number of carbonyl (C=O) groups excluding carboxylic acids is 1. The summed E-state index contributed by atoms with van der Waals surface area (Å²) in [5.41, 5.74) is 0. The molecule has 1 aromatic rings. The molecule has 0 spiro atoms. The molecule has 1 saturated heterocycles. The zero-order chi connectivity index (χ0) is 13.8. The number of amides is 1. The number of ether oxygens (including phenoxy) is 1. The largest absolute Gasteiger partial charge is 0.453 e. The lowest BCUT2D eigenvalue weighted by Gasteiger charge is -2.24. The summed E-state index contributed by atoms with van der Waals surface area (Å²) in [5.74, 6) is 0.909. The van der Waals surface area contributed by atoms with Crippen LogP contribution in [0.3, 0.4) is 0 Å². The Labute approximate surface area is 113 Å². The Kier molecular flexibility index (Phi) is 4.61. The summed E-state index contributed by atoms with van der Waals surface area (Å²) in [4.78, 5) is 14.2. The maximum Gasteiger partial charge on any atom is 0.289 e. The quantitative estimate of drug-likeness (QED) is 0.883. The second-order valence-electron chi connectivity index (χ2n) is 5.08. The first-order valence-electron chi connectivity index (χ1n) is 6.68. The van der Waals surface area contributed by atoms with E-state index in [1.807, 2.05) is 4.90 Å². The summed E-state index contributed by atoms with van der Waals surface area (Å²) < 4.78 is 10.4. The number of nitrogens with zero attached hydrogens (tertiary/aromatic N) is 1. The third-order valence-electron chi connectivity index (χ3n) is 3.41. The Balaban J connectivity index is 2.04. The van der Waals surface area contributed by atoms with Gasteiger partial charge in [0.15, 0.2) is 5.76 Å². The van der Waals surface area contributed by atoms with Crippen LogP contribution in [0.5, 0.6) is 0 Å². The molecule has 2 heterocycles. The van der Waals surface area contributed by atoms with E-state index in [2.05, 4.69) is 0 Å². The molecule has 0 aliphatic carbocycles. The lowest BCUT2D eigenvalue weighted by atomic mass is 10.1. The minimum Gasteiger partial charge on any atom is -0.453 e.